The van der Waals surface area contributed by atoms with Gasteiger partial charge in [0.05, 0.1) is 12.1 Å². The zero-order valence-electron chi connectivity index (χ0n) is 9.86. The van der Waals surface area contributed by atoms with Crippen LogP contribution in [0.25, 0.3) is 0 Å². The summed E-state index contributed by atoms with van der Waals surface area (Å²) in [6, 6.07) is -0.372. The van der Waals surface area contributed by atoms with Crippen molar-refractivity contribution in [1.29, 1.82) is 0 Å². The molecule has 1 N–H and O–H groups in total. The van der Waals surface area contributed by atoms with E-state index in [-0.39, 0.29) is 23.8 Å². The van der Waals surface area contributed by atoms with Crippen molar-refractivity contribution in [3.05, 3.63) is 0 Å². The van der Waals surface area contributed by atoms with E-state index in [9.17, 15) is 23.1 Å². The maximum atomic E-state index is 12.3. The number of likely N-dealkylation sites (tertiary alicyclic amines) is 1. The SMILES string of the molecule is O=C(CC(F)(F)F)N1CC2CC3CC(C2)C1C3O. The molecule has 6 heteroatoms. The number of amides is 1. The van der Waals surface area contributed by atoms with E-state index < -0.39 is 24.6 Å². The number of aliphatic hydroxyl groups is 1. The number of carbonyl (C=O) groups excluding carboxylic acids is 1. The molecule has 3 rings (SSSR count). The molecular formula is C12H16F3NO2. The molecule has 18 heavy (non-hydrogen) atoms. The van der Waals surface area contributed by atoms with Crippen molar-refractivity contribution >= 4 is 5.91 Å². The molecule has 102 valence electrons. The fraction of sp³-hybridized carbons (Fsp3) is 0.917. The maximum absolute atomic E-state index is 12.3. The highest BCUT2D eigenvalue weighted by molar-refractivity contribution is 5.77. The zero-order valence-corrected chi connectivity index (χ0v) is 9.86. The molecular weight excluding hydrogens is 247 g/mol. The molecule has 1 aliphatic heterocycles. The summed E-state index contributed by atoms with van der Waals surface area (Å²) in [5.41, 5.74) is 0. The van der Waals surface area contributed by atoms with Crippen LogP contribution in [0.4, 0.5) is 13.2 Å². The summed E-state index contributed by atoms with van der Waals surface area (Å²) < 4.78 is 36.9. The molecule has 0 radical (unpaired) electrons. The number of rotatable bonds is 1. The number of hydrogen-bond donors (Lipinski definition) is 1. The molecule has 3 aliphatic rings. The molecule has 0 aromatic heterocycles. The maximum Gasteiger partial charge on any atom is 0.397 e. The molecule has 0 aromatic carbocycles. The second-order valence-corrected chi connectivity index (χ2v) is 5.91. The van der Waals surface area contributed by atoms with Gasteiger partial charge in [0, 0.05) is 6.54 Å². The Labute approximate surface area is 103 Å². The van der Waals surface area contributed by atoms with Gasteiger partial charge in [-0.25, -0.2) is 0 Å². The van der Waals surface area contributed by atoms with Crippen molar-refractivity contribution < 1.29 is 23.1 Å². The minimum absolute atomic E-state index is 0.183. The summed E-state index contributed by atoms with van der Waals surface area (Å²) in [4.78, 5) is 13.1. The Hall–Kier alpha value is -0.780. The molecule has 2 saturated carbocycles. The van der Waals surface area contributed by atoms with E-state index >= 15 is 0 Å². The lowest BCUT2D eigenvalue weighted by Crippen LogP contribution is -2.53. The van der Waals surface area contributed by atoms with Crippen molar-refractivity contribution in [2.24, 2.45) is 17.8 Å². The lowest BCUT2D eigenvalue weighted by molar-refractivity contribution is -0.167. The van der Waals surface area contributed by atoms with Gasteiger partial charge in [0.2, 0.25) is 5.91 Å². The standard InChI is InChI=1S/C12H16F3NO2/c13-12(14,15)4-9(17)16-5-6-1-7-3-8(2-6)11(18)10(7)16/h6-8,10-11,18H,1-5H2. The predicted octanol–water partition coefficient (Wildman–Crippen LogP) is 1.56. The first-order chi connectivity index (χ1) is 8.35. The lowest BCUT2D eigenvalue weighted by atomic mass is 9.78. The Morgan fingerprint density at radius 2 is 1.89 bits per heavy atom. The molecule has 0 aromatic rings. The Morgan fingerprint density at radius 3 is 2.56 bits per heavy atom. The first-order valence-electron chi connectivity index (χ1n) is 6.39. The third kappa shape index (κ3) is 1.90. The summed E-state index contributed by atoms with van der Waals surface area (Å²) in [5.74, 6) is -0.208. The van der Waals surface area contributed by atoms with Crippen LogP contribution in [0.5, 0.6) is 0 Å². The highest BCUT2D eigenvalue weighted by Crippen LogP contribution is 2.51. The first-order valence-corrected chi connectivity index (χ1v) is 6.39. The lowest BCUT2D eigenvalue weighted by Gasteiger charge is -2.42. The third-order valence-electron chi connectivity index (χ3n) is 4.68. The highest BCUT2D eigenvalue weighted by Gasteiger charge is 2.55. The Kier molecular flexibility index (Phi) is 2.63. The Balaban J connectivity index is 1.79. The quantitative estimate of drug-likeness (QED) is 0.780. The van der Waals surface area contributed by atoms with Crippen molar-refractivity contribution in [3.8, 4) is 0 Å². The molecule has 1 heterocycles. The third-order valence-corrected chi connectivity index (χ3v) is 4.68. The number of nitrogens with zero attached hydrogens (tertiary/aromatic N) is 1. The van der Waals surface area contributed by atoms with Crippen LogP contribution in [0, 0.1) is 17.8 Å². The second-order valence-electron chi connectivity index (χ2n) is 5.91. The molecule has 1 amide bonds. The van der Waals surface area contributed by atoms with Gasteiger partial charge in [-0.3, -0.25) is 4.79 Å². The van der Waals surface area contributed by atoms with Gasteiger partial charge in [0.1, 0.15) is 6.42 Å². The van der Waals surface area contributed by atoms with E-state index in [4.69, 9.17) is 0 Å². The van der Waals surface area contributed by atoms with Crippen molar-refractivity contribution in [3.63, 3.8) is 0 Å². The Bertz CT molecular complexity index is 367. The Morgan fingerprint density at radius 1 is 1.22 bits per heavy atom. The minimum Gasteiger partial charge on any atom is -0.391 e. The van der Waals surface area contributed by atoms with Crippen molar-refractivity contribution in [1.82, 2.24) is 4.90 Å². The summed E-state index contributed by atoms with van der Waals surface area (Å²) in [5, 5.41) is 10.1. The number of hydrogen-bond acceptors (Lipinski definition) is 2. The summed E-state index contributed by atoms with van der Waals surface area (Å²) >= 11 is 0. The number of alkyl halides is 3. The number of carbonyl (C=O) groups is 1. The van der Waals surface area contributed by atoms with Gasteiger partial charge in [0.15, 0.2) is 0 Å². The van der Waals surface area contributed by atoms with Crippen LogP contribution in [0.15, 0.2) is 0 Å². The zero-order chi connectivity index (χ0) is 13.1. The van der Waals surface area contributed by atoms with E-state index in [1.54, 1.807) is 0 Å². The molecule has 5 unspecified atom stereocenters. The van der Waals surface area contributed by atoms with Gasteiger partial charge in [-0.1, -0.05) is 0 Å². The second kappa shape index (κ2) is 3.85. The van der Waals surface area contributed by atoms with Gasteiger partial charge >= 0.3 is 6.18 Å². The number of piperidine rings is 1. The van der Waals surface area contributed by atoms with E-state index in [0.717, 1.165) is 19.3 Å². The number of aliphatic hydroxyl groups excluding tert-OH is 1. The topological polar surface area (TPSA) is 40.5 Å². The van der Waals surface area contributed by atoms with Crippen LogP contribution in [0.1, 0.15) is 25.7 Å². The smallest absolute Gasteiger partial charge is 0.391 e. The van der Waals surface area contributed by atoms with Crippen LogP contribution in [-0.2, 0) is 4.79 Å². The molecule has 3 fully saturated rings. The molecule has 2 aliphatic carbocycles. The van der Waals surface area contributed by atoms with Gasteiger partial charge < -0.3 is 10.0 Å². The molecule has 3 bridgehead atoms. The fourth-order valence-electron chi connectivity index (χ4n) is 4.18. The summed E-state index contributed by atoms with van der Waals surface area (Å²) in [7, 11) is 0. The fourth-order valence-corrected chi connectivity index (χ4v) is 4.18. The minimum atomic E-state index is -4.46. The number of fused-ring (bicyclic) bond motifs is 2. The summed E-state index contributed by atoms with van der Waals surface area (Å²) in [6.07, 6.45) is -3.83. The molecule has 3 nitrogen and oxygen atoms in total. The predicted molar refractivity (Wildman–Crippen MR) is 56.5 cm³/mol. The first kappa shape index (κ1) is 12.3. The molecule has 0 spiro atoms. The highest BCUT2D eigenvalue weighted by atomic mass is 19.4. The van der Waals surface area contributed by atoms with E-state index in [0.29, 0.717) is 6.54 Å². The van der Waals surface area contributed by atoms with Crippen LogP contribution in [0.3, 0.4) is 0 Å². The monoisotopic (exact) mass is 263 g/mol. The molecule has 1 saturated heterocycles. The van der Waals surface area contributed by atoms with Gasteiger partial charge in [-0.15, -0.1) is 0 Å². The van der Waals surface area contributed by atoms with Crippen molar-refractivity contribution in [2.45, 2.75) is 44.0 Å². The number of halogens is 3. The van der Waals surface area contributed by atoms with Gasteiger partial charge in [0.25, 0.3) is 0 Å². The van der Waals surface area contributed by atoms with Crippen LogP contribution in [-0.4, -0.2) is 40.8 Å². The van der Waals surface area contributed by atoms with Gasteiger partial charge in [-0.05, 0) is 37.0 Å². The van der Waals surface area contributed by atoms with Crippen LogP contribution >= 0.6 is 0 Å². The summed E-state index contributed by atoms with van der Waals surface area (Å²) in [6.45, 7) is 0.392. The van der Waals surface area contributed by atoms with E-state index in [1.165, 1.54) is 4.90 Å². The molecule has 5 atom stereocenters. The largest absolute Gasteiger partial charge is 0.397 e. The van der Waals surface area contributed by atoms with Gasteiger partial charge in [-0.2, -0.15) is 13.2 Å². The average Bonchev–Trinajstić information content (AvgIpc) is 2.38. The van der Waals surface area contributed by atoms with Crippen LogP contribution < -0.4 is 0 Å². The normalized spacial score (nSPS) is 42.4. The van der Waals surface area contributed by atoms with E-state index in [1.807, 2.05) is 0 Å². The van der Waals surface area contributed by atoms with E-state index in [2.05, 4.69) is 0 Å². The van der Waals surface area contributed by atoms with Crippen LogP contribution in [0.2, 0.25) is 0 Å². The average molecular weight is 263 g/mol. The van der Waals surface area contributed by atoms with Crippen molar-refractivity contribution in [2.75, 3.05) is 6.54 Å².